The number of ether oxygens (including phenoxy) is 2. The number of amides is 1. The van der Waals surface area contributed by atoms with E-state index in [1.165, 1.54) is 18.3 Å². The van der Waals surface area contributed by atoms with Crippen LogP contribution in [-0.4, -0.2) is 17.7 Å². The molecule has 22 heavy (non-hydrogen) atoms. The van der Waals surface area contributed by atoms with Crippen LogP contribution in [0.2, 0.25) is 0 Å². The van der Waals surface area contributed by atoms with Gasteiger partial charge in [0.25, 0.3) is 0 Å². The first-order valence-electron chi connectivity index (χ1n) is 7.52. The van der Waals surface area contributed by atoms with E-state index in [9.17, 15) is 9.59 Å². The van der Waals surface area contributed by atoms with Gasteiger partial charge in [-0.3, -0.25) is 10.1 Å². The van der Waals surface area contributed by atoms with E-state index >= 15 is 0 Å². The maximum atomic E-state index is 11.9. The number of nitrogens with one attached hydrogen (secondary N) is 1. The van der Waals surface area contributed by atoms with Gasteiger partial charge in [-0.1, -0.05) is 19.8 Å². The van der Waals surface area contributed by atoms with Crippen molar-refractivity contribution in [2.45, 2.75) is 65.9 Å². The first kappa shape index (κ1) is 18.5. The maximum Gasteiger partial charge on any atom is 0.412 e. The Morgan fingerprint density at radius 3 is 2.50 bits per heavy atom. The molecule has 0 radical (unpaired) electrons. The quantitative estimate of drug-likeness (QED) is 0.604. The van der Waals surface area contributed by atoms with Crippen LogP contribution in [0.15, 0.2) is 6.07 Å². The molecule has 1 aromatic rings. The molecule has 0 aliphatic rings. The van der Waals surface area contributed by atoms with E-state index < -0.39 is 17.7 Å². The fourth-order valence-corrected chi connectivity index (χ4v) is 2.82. The fourth-order valence-electron chi connectivity index (χ4n) is 1.81. The molecule has 1 N–H and O–H groups in total. The number of hydrogen-bond acceptors (Lipinski definition) is 5. The van der Waals surface area contributed by atoms with Crippen LogP contribution in [0.25, 0.3) is 0 Å². The van der Waals surface area contributed by atoms with Crippen LogP contribution in [0, 0.1) is 0 Å². The zero-order valence-electron chi connectivity index (χ0n) is 13.9. The molecule has 0 aliphatic heterocycles. The number of aryl methyl sites for hydroxylation is 1. The third-order valence-electron chi connectivity index (χ3n) is 2.64. The van der Waals surface area contributed by atoms with Crippen molar-refractivity contribution in [3.8, 4) is 5.75 Å². The van der Waals surface area contributed by atoms with Crippen LogP contribution in [0.3, 0.4) is 0 Å². The number of rotatable bonds is 6. The van der Waals surface area contributed by atoms with E-state index in [2.05, 4.69) is 12.2 Å². The Kier molecular flexibility index (Phi) is 6.87. The summed E-state index contributed by atoms with van der Waals surface area (Å²) >= 11 is 1.42. The van der Waals surface area contributed by atoms with Crippen molar-refractivity contribution in [3.63, 3.8) is 0 Å². The Morgan fingerprint density at radius 2 is 1.95 bits per heavy atom. The number of hydrogen-bond donors (Lipinski definition) is 1. The first-order chi connectivity index (χ1) is 10.2. The zero-order chi connectivity index (χ0) is 16.8. The SMILES string of the molecule is CCCCCc1cc(OC(C)=O)c(NC(=O)OC(C)(C)C)s1. The highest BCUT2D eigenvalue weighted by atomic mass is 32.1. The summed E-state index contributed by atoms with van der Waals surface area (Å²) in [6.45, 7) is 8.87. The summed E-state index contributed by atoms with van der Waals surface area (Å²) in [7, 11) is 0. The molecule has 0 unspecified atom stereocenters. The van der Waals surface area contributed by atoms with Crippen molar-refractivity contribution >= 4 is 28.4 Å². The summed E-state index contributed by atoms with van der Waals surface area (Å²) in [4.78, 5) is 24.1. The topological polar surface area (TPSA) is 64.6 Å². The number of esters is 1. The summed E-state index contributed by atoms with van der Waals surface area (Å²) in [5.41, 5.74) is -0.576. The first-order valence-corrected chi connectivity index (χ1v) is 8.34. The Hall–Kier alpha value is -1.56. The van der Waals surface area contributed by atoms with Crippen molar-refractivity contribution in [2.24, 2.45) is 0 Å². The number of anilines is 1. The maximum absolute atomic E-state index is 11.9. The molecular weight excluding hydrogens is 302 g/mol. The van der Waals surface area contributed by atoms with Crippen molar-refractivity contribution in [3.05, 3.63) is 10.9 Å². The van der Waals surface area contributed by atoms with Crippen LogP contribution in [0.5, 0.6) is 5.75 Å². The van der Waals surface area contributed by atoms with E-state index in [4.69, 9.17) is 9.47 Å². The second-order valence-corrected chi connectivity index (χ2v) is 7.22. The Labute approximate surface area is 136 Å². The van der Waals surface area contributed by atoms with Crippen molar-refractivity contribution in [1.29, 1.82) is 0 Å². The van der Waals surface area contributed by atoms with Gasteiger partial charge in [-0.05, 0) is 39.7 Å². The van der Waals surface area contributed by atoms with Crippen LogP contribution >= 0.6 is 11.3 Å². The molecule has 0 spiro atoms. The van der Waals surface area contributed by atoms with Crippen molar-refractivity contribution in [2.75, 3.05) is 5.32 Å². The molecule has 0 atom stereocenters. The summed E-state index contributed by atoms with van der Waals surface area (Å²) in [5, 5.41) is 3.17. The lowest BCUT2D eigenvalue weighted by atomic mass is 10.2. The van der Waals surface area contributed by atoms with Gasteiger partial charge in [-0.15, -0.1) is 11.3 Å². The average Bonchev–Trinajstić information content (AvgIpc) is 2.68. The summed E-state index contributed by atoms with van der Waals surface area (Å²) in [6.07, 6.45) is 3.72. The minimum atomic E-state index is -0.576. The molecule has 5 nitrogen and oxygen atoms in total. The van der Waals surface area contributed by atoms with Crippen molar-refractivity contribution < 1.29 is 19.1 Å². The molecule has 1 rings (SSSR count). The lowest BCUT2D eigenvalue weighted by molar-refractivity contribution is -0.131. The highest BCUT2D eigenvalue weighted by Crippen LogP contribution is 2.36. The Bertz CT molecular complexity index is 517. The van der Waals surface area contributed by atoms with Crippen LogP contribution in [0.1, 0.15) is 58.8 Å². The molecule has 0 aliphatic carbocycles. The minimum absolute atomic E-state index is 0.384. The molecular formula is C16H25NO4S. The van der Waals surface area contributed by atoms with Gasteiger partial charge in [-0.25, -0.2) is 4.79 Å². The molecule has 0 saturated heterocycles. The molecule has 1 aromatic heterocycles. The van der Waals surface area contributed by atoms with Gasteiger partial charge in [0.1, 0.15) is 10.6 Å². The number of carbonyl (C=O) groups is 2. The smallest absolute Gasteiger partial charge is 0.412 e. The predicted octanol–water partition coefficient (Wildman–Crippen LogP) is 4.75. The van der Waals surface area contributed by atoms with Gasteiger partial charge in [0.15, 0.2) is 5.75 Å². The van der Waals surface area contributed by atoms with Gasteiger partial charge in [-0.2, -0.15) is 0 Å². The molecule has 1 amide bonds. The van der Waals surface area contributed by atoms with Gasteiger partial charge in [0.05, 0.1) is 0 Å². The largest absolute Gasteiger partial charge is 0.444 e. The van der Waals surface area contributed by atoms with Gasteiger partial charge in [0.2, 0.25) is 0 Å². The molecule has 124 valence electrons. The Balaban J connectivity index is 2.80. The van der Waals surface area contributed by atoms with Gasteiger partial charge in [0, 0.05) is 11.8 Å². The number of thiophene rings is 1. The van der Waals surface area contributed by atoms with Crippen molar-refractivity contribution in [1.82, 2.24) is 0 Å². The molecule has 0 fully saturated rings. The van der Waals surface area contributed by atoms with E-state index in [1.54, 1.807) is 20.8 Å². The average molecular weight is 327 g/mol. The monoisotopic (exact) mass is 327 g/mol. The predicted molar refractivity (Wildman–Crippen MR) is 88.7 cm³/mol. The van der Waals surface area contributed by atoms with E-state index in [0.29, 0.717) is 10.8 Å². The molecule has 1 heterocycles. The lowest BCUT2D eigenvalue weighted by Crippen LogP contribution is -2.27. The van der Waals surface area contributed by atoms with Gasteiger partial charge < -0.3 is 9.47 Å². The van der Waals surface area contributed by atoms with E-state index in [0.717, 1.165) is 30.6 Å². The lowest BCUT2D eigenvalue weighted by Gasteiger charge is -2.19. The normalized spacial score (nSPS) is 11.1. The highest BCUT2D eigenvalue weighted by molar-refractivity contribution is 7.16. The second-order valence-electron chi connectivity index (χ2n) is 6.08. The van der Waals surface area contributed by atoms with Crippen LogP contribution in [0.4, 0.5) is 9.80 Å². The minimum Gasteiger partial charge on any atom is -0.444 e. The number of unbranched alkanes of at least 4 members (excludes halogenated alkanes) is 2. The second kappa shape index (κ2) is 8.17. The number of carbonyl (C=O) groups excluding carboxylic acids is 2. The third-order valence-corrected chi connectivity index (χ3v) is 3.74. The molecule has 0 bridgehead atoms. The summed E-state index contributed by atoms with van der Waals surface area (Å²) in [5.74, 6) is -0.0278. The van der Waals surface area contributed by atoms with Crippen LogP contribution in [-0.2, 0) is 16.0 Å². The molecule has 6 heteroatoms. The fraction of sp³-hybridized carbons (Fsp3) is 0.625. The van der Waals surface area contributed by atoms with E-state index in [1.807, 2.05) is 6.07 Å². The van der Waals surface area contributed by atoms with E-state index in [-0.39, 0.29) is 0 Å². The molecule has 0 saturated carbocycles. The summed E-state index contributed by atoms with van der Waals surface area (Å²) in [6, 6.07) is 1.81. The summed E-state index contributed by atoms with van der Waals surface area (Å²) < 4.78 is 10.4. The molecule has 0 aromatic carbocycles. The van der Waals surface area contributed by atoms with Crippen LogP contribution < -0.4 is 10.1 Å². The zero-order valence-corrected chi connectivity index (χ0v) is 14.8. The Morgan fingerprint density at radius 1 is 1.27 bits per heavy atom. The standard InChI is InChI=1S/C16H25NO4S/c1-6-7-8-9-12-10-13(20-11(2)18)14(22-12)17-15(19)21-16(3,4)5/h10H,6-9H2,1-5H3,(H,17,19). The highest BCUT2D eigenvalue weighted by Gasteiger charge is 2.20. The third kappa shape index (κ3) is 6.93. The van der Waals surface area contributed by atoms with Gasteiger partial charge >= 0.3 is 12.1 Å².